The maximum atomic E-state index is 12.2. The topological polar surface area (TPSA) is 57.1 Å². The molecule has 0 aliphatic heterocycles. The van der Waals surface area contributed by atoms with Gasteiger partial charge in [0.2, 0.25) is 0 Å². The van der Waals surface area contributed by atoms with Gasteiger partial charge in [-0.3, -0.25) is 13.7 Å². The minimum Gasteiger partial charge on any atom is -0.292 e. The zero-order chi connectivity index (χ0) is 15.6. The number of rotatable bonds is 10. The fraction of sp³-hybridized carbons (Fsp3) is 0.400. The van der Waals surface area contributed by atoms with Crippen LogP contribution in [-0.4, -0.2) is 18.9 Å². The first kappa shape index (κ1) is 17.6. The molecule has 21 heavy (non-hydrogen) atoms. The summed E-state index contributed by atoms with van der Waals surface area (Å²) < 4.78 is 27.4. The lowest BCUT2D eigenvalue weighted by Crippen LogP contribution is -2.03. The lowest BCUT2D eigenvalue weighted by Gasteiger charge is -2.14. The molecule has 1 aromatic carbocycles. The van der Waals surface area contributed by atoms with Crippen molar-refractivity contribution in [2.75, 3.05) is 13.2 Å². The van der Waals surface area contributed by atoms with Gasteiger partial charge in [-0.2, -0.15) is 0 Å². The summed E-state index contributed by atoms with van der Waals surface area (Å²) in [6.07, 6.45) is 3.17. The zero-order valence-electron chi connectivity index (χ0n) is 12.5. The molecule has 0 aromatic heterocycles. The fourth-order valence-corrected chi connectivity index (χ4v) is 2.61. The third kappa shape index (κ3) is 6.25. The van der Waals surface area contributed by atoms with Crippen molar-refractivity contribution in [2.45, 2.75) is 26.7 Å². The Labute approximate surface area is 126 Å². The van der Waals surface area contributed by atoms with Gasteiger partial charge in [0, 0.05) is 0 Å². The molecule has 1 rings (SSSR count). The molecule has 0 bridgehead atoms. The van der Waals surface area contributed by atoms with Crippen LogP contribution in [0.15, 0.2) is 48.1 Å². The summed E-state index contributed by atoms with van der Waals surface area (Å²) in [5.41, 5.74) is 1.58. The number of benzene rings is 1. The van der Waals surface area contributed by atoms with Crippen LogP contribution < -0.4 is 0 Å². The molecule has 6 heteroatoms. The summed E-state index contributed by atoms with van der Waals surface area (Å²) in [6, 6.07) is 9.56. The Morgan fingerprint density at radius 3 is 2.38 bits per heavy atom. The van der Waals surface area contributed by atoms with E-state index in [1.54, 1.807) is 19.9 Å². The minimum atomic E-state index is -3.64. The fourth-order valence-electron chi connectivity index (χ4n) is 1.61. The summed E-state index contributed by atoms with van der Waals surface area (Å²) in [7, 11) is -3.64. The van der Waals surface area contributed by atoms with Gasteiger partial charge in [-0.15, -0.1) is 6.58 Å². The van der Waals surface area contributed by atoms with Crippen LogP contribution in [0.4, 0.5) is 0 Å². The van der Waals surface area contributed by atoms with Gasteiger partial charge in [-0.05, 0) is 32.3 Å². The quantitative estimate of drug-likeness (QED) is 0.275. The summed E-state index contributed by atoms with van der Waals surface area (Å²) >= 11 is 0. The van der Waals surface area contributed by atoms with Gasteiger partial charge in [-0.1, -0.05) is 41.6 Å². The Morgan fingerprint density at radius 1 is 1.24 bits per heavy atom. The maximum absolute atomic E-state index is 12.2. The Morgan fingerprint density at radius 2 is 1.86 bits per heavy atom. The van der Waals surface area contributed by atoms with Crippen LogP contribution in [0.5, 0.6) is 0 Å². The van der Waals surface area contributed by atoms with Crippen molar-refractivity contribution in [1.82, 2.24) is 0 Å². The molecule has 0 spiro atoms. The molecule has 0 unspecified atom stereocenters. The first-order valence-corrected chi connectivity index (χ1v) is 8.42. The van der Waals surface area contributed by atoms with E-state index in [1.165, 1.54) is 0 Å². The van der Waals surface area contributed by atoms with Crippen molar-refractivity contribution >= 4 is 13.5 Å². The predicted octanol–water partition coefficient (Wildman–Crippen LogP) is 4.55. The highest BCUT2D eigenvalue weighted by atomic mass is 31.2. The second-order valence-electron chi connectivity index (χ2n) is 4.10. The van der Waals surface area contributed by atoms with Gasteiger partial charge in [-0.25, -0.2) is 4.57 Å². The van der Waals surface area contributed by atoms with E-state index >= 15 is 0 Å². The van der Waals surface area contributed by atoms with E-state index in [0.717, 1.165) is 12.0 Å². The molecule has 1 aromatic rings. The normalized spacial score (nSPS) is 12.2. The van der Waals surface area contributed by atoms with E-state index in [2.05, 4.69) is 11.7 Å². The third-order valence-corrected chi connectivity index (χ3v) is 3.95. The lowest BCUT2D eigenvalue weighted by molar-refractivity contribution is 0.125. The first-order valence-electron chi connectivity index (χ1n) is 6.96. The van der Waals surface area contributed by atoms with Crippen LogP contribution in [0.1, 0.15) is 32.3 Å². The van der Waals surface area contributed by atoms with Crippen LogP contribution in [0.25, 0.3) is 0 Å². The Bertz CT molecular complexity index is 492. The number of hydrogen-bond donors (Lipinski definition) is 0. The number of phosphoric ester groups is 1. The average molecular weight is 311 g/mol. The summed E-state index contributed by atoms with van der Waals surface area (Å²) in [5.74, 6) is 0. The molecule has 0 saturated carbocycles. The van der Waals surface area contributed by atoms with Crippen LogP contribution in [0, 0.1) is 0 Å². The molecule has 0 aliphatic carbocycles. The van der Waals surface area contributed by atoms with Crippen molar-refractivity contribution < 1.29 is 18.2 Å². The second-order valence-corrected chi connectivity index (χ2v) is 5.67. The molecule has 0 N–H and O–H groups in total. The van der Waals surface area contributed by atoms with Crippen molar-refractivity contribution in [2.24, 2.45) is 5.16 Å². The van der Waals surface area contributed by atoms with Crippen LogP contribution >= 0.6 is 7.82 Å². The molecule has 0 heterocycles. The van der Waals surface area contributed by atoms with Gasteiger partial charge in [0.25, 0.3) is 0 Å². The van der Waals surface area contributed by atoms with Gasteiger partial charge in [0.15, 0.2) is 0 Å². The molecular formula is C15H22NO4P. The second kappa shape index (κ2) is 9.50. The standard InChI is InChI=1S/C15H22NO4P/c1-4-7-13-15(14-11-9-8-10-12-14)16-20-21(17,18-5-2)19-6-3/h4,8-12H,1,5-7,13H2,2-3H3/b16-15-. The van der Waals surface area contributed by atoms with E-state index in [0.29, 0.717) is 12.1 Å². The zero-order valence-corrected chi connectivity index (χ0v) is 13.4. The molecule has 116 valence electrons. The number of allylic oxidation sites excluding steroid dienone is 1. The Balaban J connectivity index is 2.91. The molecule has 0 aliphatic rings. The monoisotopic (exact) mass is 311 g/mol. The highest BCUT2D eigenvalue weighted by molar-refractivity contribution is 7.48. The number of nitrogens with zero attached hydrogens (tertiary/aromatic N) is 1. The molecular weight excluding hydrogens is 289 g/mol. The highest BCUT2D eigenvalue weighted by Crippen LogP contribution is 2.49. The van der Waals surface area contributed by atoms with Crippen LogP contribution in [0.2, 0.25) is 0 Å². The molecule has 0 saturated heterocycles. The summed E-state index contributed by atoms with van der Waals surface area (Å²) in [4.78, 5) is 0. The SMILES string of the molecule is C=CCC/C(=N/OP(=O)(OCC)OCC)c1ccccc1. The summed E-state index contributed by atoms with van der Waals surface area (Å²) in [5, 5.41) is 4.00. The van der Waals surface area contributed by atoms with Crippen molar-refractivity contribution in [1.29, 1.82) is 0 Å². The van der Waals surface area contributed by atoms with E-state index < -0.39 is 7.82 Å². The van der Waals surface area contributed by atoms with E-state index in [1.807, 2.05) is 30.3 Å². The van der Waals surface area contributed by atoms with Crippen molar-refractivity contribution in [3.63, 3.8) is 0 Å². The third-order valence-electron chi connectivity index (χ3n) is 2.52. The highest BCUT2D eigenvalue weighted by Gasteiger charge is 2.27. The van der Waals surface area contributed by atoms with Crippen LogP contribution in [-0.2, 0) is 18.2 Å². The molecule has 0 fully saturated rings. The van der Waals surface area contributed by atoms with E-state index in [-0.39, 0.29) is 13.2 Å². The number of oxime groups is 1. The van der Waals surface area contributed by atoms with Gasteiger partial charge in [0.05, 0.1) is 18.9 Å². The maximum Gasteiger partial charge on any atom is 0.550 e. The van der Waals surface area contributed by atoms with Gasteiger partial charge < -0.3 is 0 Å². The van der Waals surface area contributed by atoms with Gasteiger partial charge in [0.1, 0.15) is 0 Å². The van der Waals surface area contributed by atoms with Gasteiger partial charge >= 0.3 is 7.82 Å². The molecule has 0 atom stereocenters. The van der Waals surface area contributed by atoms with E-state index in [9.17, 15) is 4.57 Å². The van der Waals surface area contributed by atoms with Crippen molar-refractivity contribution in [3.8, 4) is 0 Å². The number of phosphoric acid groups is 1. The average Bonchev–Trinajstić information content (AvgIpc) is 2.49. The smallest absolute Gasteiger partial charge is 0.292 e. The molecule has 0 radical (unpaired) electrons. The lowest BCUT2D eigenvalue weighted by atomic mass is 10.1. The molecule has 0 amide bonds. The Kier molecular flexibility index (Phi) is 7.98. The Hall–Kier alpha value is -1.42. The predicted molar refractivity (Wildman–Crippen MR) is 84.4 cm³/mol. The molecule has 5 nitrogen and oxygen atoms in total. The summed E-state index contributed by atoms with van der Waals surface area (Å²) in [6.45, 7) is 7.57. The van der Waals surface area contributed by atoms with Crippen molar-refractivity contribution in [3.05, 3.63) is 48.6 Å². The minimum absolute atomic E-state index is 0.222. The van der Waals surface area contributed by atoms with E-state index in [4.69, 9.17) is 13.7 Å². The first-order chi connectivity index (χ1) is 10.1. The largest absolute Gasteiger partial charge is 0.550 e. The van der Waals surface area contributed by atoms with Crippen LogP contribution in [0.3, 0.4) is 0 Å². The number of hydrogen-bond acceptors (Lipinski definition) is 5.